The highest BCUT2D eigenvalue weighted by molar-refractivity contribution is 5.82. The summed E-state index contributed by atoms with van der Waals surface area (Å²) in [6, 6.07) is 4.14. The van der Waals surface area contributed by atoms with Crippen LogP contribution in [0.1, 0.15) is 30.8 Å². The number of imidazole rings is 1. The summed E-state index contributed by atoms with van der Waals surface area (Å²) in [4.78, 5) is 20.9. The van der Waals surface area contributed by atoms with Gasteiger partial charge in [0.05, 0.1) is 6.33 Å². The first-order chi connectivity index (χ1) is 12.2. The summed E-state index contributed by atoms with van der Waals surface area (Å²) in [5.74, 6) is 3.50. The first-order valence-electron chi connectivity index (χ1n) is 8.88. The van der Waals surface area contributed by atoms with Crippen LogP contribution in [0.3, 0.4) is 0 Å². The van der Waals surface area contributed by atoms with Crippen LogP contribution in [0, 0.1) is 6.92 Å². The van der Waals surface area contributed by atoms with Crippen molar-refractivity contribution in [1.82, 2.24) is 24.8 Å². The van der Waals surface area contributed by atoms with E-state index in [4.69, 9.17) is 4.42 Å². The van der Waals surface area contributed by atoms with Gasteiger partial charge in [0.2, 0.25) is 0 Å². The third-order valence-corrected chi connectivity index (χ3v) is 5.00. The zero-order chi connectivity index (χ0) is 17.2. The Morgan fingerprint density at radius 2 is 2.00 bits per heavy atom. The minimum Gasteiger partial charge on any atom is -0.466 e. The van der Waals surface area contributed by atoms with Gasteiger partial charge in [-0.25, -0.2) is 15.0 Å². The number of nitrogens with zero attached hydrogens (tertiary/aromatic N) is 5. The van der Waals surface area contributed by atoms with E-state index in [0.29, 0.717) is 5.92 Å². The summed E-state index contributed by atoms with van der Waals surface area (Å²) >= 11 is 0. The number of nitrogens with one attached hydrogen (secondary N) is 1. The van der Waals surface area contributed by atoms with Gasteiger partial charge in [0.15, 0.2) is 11.5 Å². The number of furan rings is 1. The highest BCUT2D eigenvalue weighted by Crippen LogP contribution is 2.23. The van der Waals surface area contributed by atoms with Crippen molar-refractivity contribution in [3.05, 3.63) is 36.3 Å². The van der Waals surface area contributed by atoms with Crippen LogP contribution in [0.4, 0.5) is 5.82 Å². The summed E-state index contributed by atoms with van der Waals surface area (Å²) in [7, 11) is 0. The van der Waals surface area contributed by atoms with E-state index in [2.05, 4.69) is 42.7 Å². The predicted octanol–water partition coefficient (Wildman–Crippen LogP) is 2.57. The van der Waals surface area contributed by atoms with E-state index in [-0.39, 0.29) is 0 Å². The molecule has 1 fully saturated rings. The topological polar surface area (TPSA) is 74.1 Å². The van der Waals surface area contributed by atoms with Crippen molar-refractivity contribution < 1.29 is 4.42 Å². The van der Waals surface area contributed by atoms with Crippen molar-refractivity contribution in [3.8, 4) is 0 Å². The van der Waals surface area contributed by atoms with Crippen LogP contribution in [0.5, 0.6) is 0 Å². The molecule has 4 heterocycles. The zero-order valence-corrected chi connectivity index (χ0v) is 14.8. The molecule has 0 amide bonds. The zero-order valence-electron chi connectivity index (χ0n) is 14.8. The number of anilines is 1. The second kappa shape index (κ2) is 6.84. The molecule has 1 aliphatic rings. The Kier molecular flexibility index (Phi) is 4.40. The number of aromatic nitrogens is 4. The molecule has 1 saturated heterocycles. The lowest BCUT2D eigenvalue weighted by Crippen LogP contribution is -2.47. The van der Waals surface area contributed by atoms with E-state index in [1.165, 1.54) is 0 Å². The van der Waals surface area contributed by atoms with Crippen LogP contribution >= 0.6 is 0 Å². The monoisotopic (exact) mass is 340 g/mol. The molecule has 4 rings (SSSR count). The smallest absolute Gasteiger partial charge is 0.182 e. The summed E-state index contributed by atoms with van der Waals surface area (Å²) in [6.07, 6.45) is 4.39. The molecule has 132 valence electrons. The third kappa shape index (κ3) is 3.37. The molecule has 0 spiro atoms. The van der Waals surface area contributed by atoms with Crippen LogP contribution < -0.4 is 4.90 Å². The number of fused-ring (bicyclic) bond motifs is 1. The van der Waals surface area contributed by atoms with E-state index >= 15 is 0 Å². The maximum atomic E-state index is 5.74. The molecule has 3 aromatic heterocycles. The fraction of sp³-hybridized carbons (Fsp3) is 0.500. The Hall–Kier alpha value is -2.41. The van der Waals surface area contributed by atoms with Gasteiger partial charge in [0, 0.05) is 32.1 Å². The molecule has 0 radical (unpaired) electrons. The standard InChI is InChI=1S/C18H24N6O/c1-13(15-4-3-14(2)25-15)5-6-23-7-9-24(10-8-23)18-16-17(20-11-19-16)21-12-22-18/h3-4,11-13H,5-10H2,1-2H3,(H,19,20,21,22)/t13-/m1/s1. The van der Waals surface area contributed by atoms with Crippen LogP contribution in [-0.4, -0.2) is 57.6 Å². The summed E-state index contributed by atoms with van der Waals surface area (Å²) in [6.45, 7) is 9.37. The predicted molar refractivity (Wildman–Crippen MR) is 96.8 cm³/mol. The number of piperazine rings is 1. The van der Waals surface area contributed by atoms with E-state index in [1.54, 1.807) is 12.7 Å². The van der Waals surface area contributed by atoms with Gasteiger partial charge in [-0.2, -0.15) is 0 Å². The fourth-order valence-corrected chi connectivity index (χ4v) is 3.41. The first kappa shape index (κ1) is 16.1. The van der Waals surface area contributed by atoms with Gasteiger partial charge >= 0.3 is 0 Å². The van der Waals surface area contributed by atoms with Gasteiger partial charge in [0.1, 0.15) is 23.4 Å². The van der Waals surface area contributed by atoms with E-state index in [9.17, 15) is 0 Å². The van der Waals surface area contributed by atoms with E-state index < -0.39 is 0 Å². The van der Waals surface area contributed by atoms with Gasteiger partial charge in [-0.3, -0.25) is 4.90 Å². The van der Waals surface area contributed by atoms with Gasteiger partial charge in [-0.05, 0) is 32.0 Å². The Morgan fingerprint density at radius 1 is 1.16 bits per heavy atom. The molecule has 0 unspecified atom stereocenters. The highest BCUT2D eigenvalue weighted by atomic mass is 16.3. The molecular formula is C18H24N6O. The number of H-pyrrole nitrogens is 1. The normalized spacial score (nSPS) is 17.3. The van der Waals surface area contributed by atoms with Crippen molar-refractivity contribution in [3.63, 3.8) is 0 Å². The minimum absolute atomic E-state index is 0.457. The number of aryl methyl sites for hydroxylation is 1. The molecule has 7 nitrogen and oxygen atoms in total. The third-order valence-electron chi connectivity index (χ3n) is 5.00. The fourth-order valence-electron chi connectivity index (χ4n) is 3.41. The van der Waals surface area contributed by atoms with Crippen molar-refractivity contribution in [2.75, 3.05) is 37.6 Å². The lowest BCUT2D eigenvalue weighted by Gasteiger charge is -2.35. The van der Waals surface area contributed by atoms with Crippen molar-refractivity contribution in [2.45, 2.75) is 26.2 Å². The van der Waals surface area contributed by atoms with Crippen LogP contribution in [0.15, 0.2) is 29.2 Å². The Labute approximate surface area is 147 Å². The molecule has 0 aromatic carbocycles. The average molecular weight is 340 g/mol. The molecule has 0 aliphatic carbocycles. The molecule has 7 heteroatoms. The van der Waals surface area contributed by atoms with E-state index in [1.807, 2.05) is 13.0 Å². The molecule has 0 bridgehead atoms. The van der Waals surface area contributed by atoms with Crippen molar-refractivity contribution in [1.29, 1.82) is 0 Å². The molecule has 1 N–H and O–H groups in total. The summed E-state index contributed by atoms with van der Waals surface area (Å²) in [5, 5.41) is 0. The molecule has 1 aliphatic heterocycles. The molecule has 25 heavy (non-hydrogen) atoms. The van der Waals surface area contributed by atoms with Crippen molar-refractivity contribution in [2.24, 2.45) is 0 Å². The Bertz CT molecular complexity index is 833. The Balaban J connectivity index is 1.32. The largest absolute Gasteiger partial charge is 0.466 e. The van der Waals surface area contributed by atoms with Gasteiger partial charge < -0.3 is 14.3 Å². The second-order valence-corrected chi connectivity index (χ2v) is 6.77. The molecule has 0 saturated carbocycles. The maximum Gasteiger partial charge on any atom is 0.182 e. The van der Waals surface area contributed by atoms with Gasteiger partial charge in [-0.1, -0.05) is 6.92 Å². The first-order valence-corrected chi connectivity index (χ1v) is 8.88. The quantitative estimate of drug-likeness (QED) is 0.769. The summed E-state index contributed by atoms with van der Waals surface area (Å²) < 4.78 is 5.74. The molecular weight excluding hydrogens is 316 g/mol. The SMILES string of the molecule is Cc1ccc([C@H](C)CCN2CCN(c3ncnc4nc[nH]c34)CC2)o1. The van der Waals surface area contributed by atoms with E-state index in [0.717, 1.165) is 67.6 Å². The lowest BCUT2D eigenvalue weighted by atomic mass is 10.0. The van der Waals surface area contributed by atoms with Crippen LogP contribution in [0.2, 0.25) is 0 Å². The molecule has 3 aromatic rings. The second-order valence-electron chi connectivity index (χ2n) is 6.77. The average Bonchev–Trinajstić information content (AvgIpc) is 3.28. The maximum absolute atomic E-state index is 5.74. The highest BCUT2D eigenvalue weighted by Gasteiger charge is 2.21. The van der Waals surface area contributed by atoms with Crippen molar-refractivity contribution >= 4 is 17.0 Å². The lowest BCUT2D eigenvalue weighted by molar-refractivity contribution is 0.245. The van der Waals surface area contributed by atoms with Crippen LogP contribution in [-0.2, 0) is 0 Å². The van der Waals surface area contributed by atoms with Crippen LogP contribution in [0.25, 0.3) is 11.2 Å². The Morgan fingerprint density at radius 3 is 2.76 bits per heavy atom. The summed E-state index contributed by atoms with van der Waals surface area (Å²) in [5.41, 5.74) is 1.66. The number of aromatic amines is 1. The number of hydrogen-bond acceptors (Lipinski definition) is 6. The minimum atomic E-state index is 0.457. The van der Waals surface area contributed by atoms with Gasteiger partial charge in [-0.15, -0.1) is 0 Å². The number of hydrogen-bond donors (Lipinski definition) is 1. The van der Waals surface area contributed by atoms with Gasteiger partial charge in [0.25, 0.3) is 0 Å². The molecule has 1 atom stereocenters. The number of rotatable bonds is 5.